The summed E-state index contributed by atoms with van der Waals surface area (Å²) < 4.78 is 7.82. The molecule has 6 aromatic rings. The molecule has 0 spiro atoms. The summed E-state index contributed by atoms with van der Waals surface area (Å²) in [4.78, 5) is 37.4. The Hall–Kier alpha value is -5.05. The first kappa shape index (κ1) is 31.5. The number of aromatic amines is 2. The van der Waals surface area contributed by atoms with Gasteiger partial charge in [-0.1, -0.05) is 24.3 Å². The molecule has 3 aromatic heterocycles. The monoisotopic (exact) mass is 744 g/mol. The summed E-state index contributed by atoms with van der Waals surface area (Å²) in [5.74, 6) is 5.08. The Kier molecular flexibility index (Phi) is 7.12. The molecule has 53 heavy (non-hydrogen) atoms. The van der Waals surface area contributed by atoms with Gasteiger partial charge in [-0.05, 0) is 0 Å². The zero-order valence-corrected chi connectivity index (χ0v) is 32.5. The molecule has 9 nitrogen and oxygen atoms in total. The Labute approximate surface area is 315 Å². The Morgan fingerprint density at radius 3 is 1.66 bits per heavy atom. The number of benzene rings is 3. The molecule has 1 unspecified atom stereocenters. The van der Waals surface area contributed by atoms with Gasteiger partial charge in [0.15, 0.2) is 0 Å². The molecular weight excluding hydrogens is 710 g/mol. The Morgan fingerprint density at radius 2 is 1.13 bits per heavy atom. The van der Waals surface area contributed by atoms with Crippen molar-refractivity contribution in [1.29, 1.82) is 0 Å². The third-order valence-electron chi connectivity index (χ3n) is 12.3. The van der Waals surface area contributed by atoms with E-state index in [0.717, 1.165) is 78.5 Å². The minimum atomic E-state index is 0.221. The summed E-state index contributed by atoms with van der Waals surface area (Å²) in [6.45, 7) is 2.32. The summed E-state index contributed by atoms with van der Waals surface area (Å²) in [6.07, 6.45) is 12.8. The van der Waals surface area contributed by atoms with Crippen molar-refractivity contribution in [2.75, 3.05) is 0 Å². The van der Waals surface area contributed by atoms with Crippen LogP contribution in [0.15, 0.2) is 84.9 Å². The van der Waals surface area contributed by atoms with E-state index < -0.39 is 0 Å². The van der Waals surface area contributed by atoms with E-state index in [1.807, 2.05) is 60.7 Å². The van der Waals surface area contributed by atoms with Gasteiger partial charge in [-0.25, -0.2) is 0 Å². The van der Waals surface area contributed by atoms with E-state index in [1.54, 1.807) is 0 Å². The van der Waals surface area contributed by atoms with E-state index in [1.165, 1.54) is 38.5 Å². The topological polar surface area (TPSA) is 118 Å². The van der Waals surface area contributed by atoms with Gasteiger partial charge in [0.05, 0.1) is 0 Å². The van der Waals surface area contributed by atoms with Crippen LogP contribution in [0.3, 0.4) is 0 Å². The number of nitrogens with zero attached hydrogens (tertiary/aromatic N) is 6. The van der Waals surface area contributed by atoms with Crippen molar-refractivity contribution in [2.45, 2.75) is 51.6 Å². The third-order valence-corrected chi connectivity index (χ3v) is 13.2. The molecular formula is C43H36N8OZn. The Balaban J connectivity index is 1.07. The van der Waals surface area contributed by atoms with Gasteiger partial charge in [-0.15, -0.1) is 0 Å². The van der Waals surface area contributed by atoms with E-state index in [0.29, 0.717) is 51.3 Å². The predicted molar refractivity (Wildman–Crippen MR) is 204 cm³/mol. The Morgan fingerprint density at radius 1 is 0.660 bits per heavy atom. The summed E-state index contributed by atoms with van der Waals surface area (Å²) in [5.41, 5.74) is 7.62. The zero-order valence-electron chi connectivity index (χ0n) is 29.5. The van der Waals surface area contributed by atoms with Crippen molar-refractivity contribution in [1.82, 2.24) is 39.9 Å². The quantitative estimate of drug-likeness (QED) is 0.169. The number of ether oxygens (including phenoxy) is 1. The number of aromatic nitrogens is 8. The van der Waals surface area contributed by atoms with Crippen LogP contribution in [0.2, 0.25) is 0 Å². The summed E-state index contributed by atoms with van der Waals surface area (Å²) in [5, 5.41) is 1.91. The van der Waals surface area contributed by atoms with E-state index >= 15 is 0 Å². The van der Waals surface area contributed by atoms with Crippen molar-refractivity contribution in [3.8, 4) is 45.6 Å². The second-order valence-corrected chi connectivity index (χ2v) is 17.2. The third kappa shape index (κ3) is 5.29. The number of hydrogen-bond donors (Lipinski definition) is 2. The Bertz CT molecular complexity index is 2680. The maximum atomic E-state index is 6.79. The van der Waals surface area contributed by atoms with Crippen LogP contribution >= 0.6 is 0 Å². The van der Waals surface area contributed by atoms with Crippen molar-refractivity contribution < 1.29 is 22.6 Å². The van der Waals surface area contributed by atoms with Gasteiger partial charge in [-0.3, -0.25) is 0 Å². The van der Waals surface area contributed by atoms with Gasteiger partial charge < -0.3 is 0 Å². The molecule has 4 saturated carbocycles. The fourth-order valence-electron chi connectivity index (χ4n) is 10.3. The fraction of sp³-hybridized carbons (Fsp3) is 0.279. The number of nitrogens with one attached hydrogen (secondary N) is 2. The first-order chi connectivity index (χ1) is 25.9. The number of H-pyrrole nitrogens is 2. The molecule has 0 amide bonds. The average molecular weight is 746 g/mol. The molecule has 6 aliphatic rings. The van der Waals surface area contributed by atoms with Crippen LogP contribution in [0.25, 0.3) is 85.0 Å². The van der Waals surface area contributed by atoms with Crippen LogP contribution in [0.4, 0.5) is 0 Å². The van der Waals surface area contributed by atoms with Crippen LogP contribution in [0.5, 0.6) is 0 Å². The van der Waals surface area contributed by atoms with Gasteiger partial charge in [0.1, 0.15) is 0 Å². The first-order valence-corrected chi connectivity index (χ1v) is 20.3. The van der Waals surface area contributed by atoms with E-state index in [4.69, 9.17) is 34.6 Å². The molecule has 12 bridgehead atoms. The van der Waals surface area contributed by atoms with Crippen LogP contribution in [0.1, 0.15) is 51.0 Å². The average Bonchev–Trinajstić information content (AvgIpc) is 3.90. The molecule has 12 rings (SSSR count). The molecule has 5 heterocycles. The van der Waals surface area contributed by atoms with E-state index in [-0.39, 0.29) is 6.10 Å². The summed E-state index contributed by atoms with van der Waals surface area (Å²) in [6, 6.07) is 26.4. The number of rotatable bonds is 5. The molecule has 256 valence electrons. The van der Waals surface area contributed by atoms with Crippen LogP contribution in [0, 0.1) is 23.2 Å². The molecule has 2 N–H and O–H groups in total. The minimum absolute atomic E-state index is 0.221. The van der Waals surface area contributed by atoms with Gasteiger partial charge in [-0.2, -0.15) is 0 Å². The molecule has 10 heteroatoms. The maximum absolute atomic E-state index is 6.79. The first-order valence-electron chi connectivity index (χ1n) is 18.8. The predicted octanol–water partition coefficient (Wildman–Crippen LogP) is 9.03. The molecule has 3 aromatic carbocycles. The molecule has 0 radical (unpaired) electrons. The molecule has 1 atom stereocenters. The van der Waals surface area contributed by atoms with Crippen LogP contribution in [-0.2, 0) is 22.6 Å². The van der Waals surface area contributed by atoms with Gasteiger partial charge in [0.25, 0.3) is 0 Å². The molecule has 4 fully saturated rings. The standard InChI is InChI=1S/C43H36N8O.Zn/c1-24(43-21-25-17-26(22-43)19-27(18-25)23-43)52-16-8-9-28-20-35-44-36(28)46-38-31-12-4-5-13-32(31)40(48-38)50-42-34-15-7-6-14-33(34)41(51-42)49-39-30-11-3-2-10-29(30)37(45-35)47-39;/h2-15,20,24-27H,17-19,21-23H2,1H3,(H2,44,45,46,47,48,49,50,51);/b9-8-;. The van der Waals surface area contributed by atoms with Crippen molar-refractivity contribution in [3.63, 3.8) is 0 Å². The van der Waals surface area contributed by atoms with Gasteiger partial charge in [0.2, 0.25) is 0 Å². The van der Waals surface area contributed by atoms with E-state index in [2.05, 4.69) is 47.2 Å². The van der Waals surface area contributed by atoms with E-state index in [9.17, 15) is 0 Å². The second-order valence-electron chi connectivity index (χ2n) is 15.7. The second kappa shape index (κ2) is 12.0. The number of hydrogen-bond acceptors (Lipinski definition) is 7. The molecule has 2 aliphatic heterocycles. The van der Waals surface area contributed by atoms with Crippen molar-refractivity contribution in [2.24, 2.45) is 23.2 Å². The van der Waals surface area contributed by atoms with Crippen molar-refractivity contribution in [3.05, 3.63) is 90.5 Å². The fourth-order valence-corrected chi connectivity index (χ4v) is 11.0. The normalized spacial score (nSPS) is 23.0. The zero-order chi connectivity index (χ0) is 35.3. The van der Waals surface area contributed by atoms with Crippen LogP contribution < -0.4 is 0 Å². The van der Waals surface area contributed by atoms with Gasteiger partial charge in [0, 0.05) is 5.39 Å². The molecule has 4 aliphatic carbocycles. The van der Waals surface area contributed by atoms with Gasteiger partial charge >= 0.3 is 287 Å². The molecule has 0 saturated heterocycles. The van der Waals surface area contributed by atoms with Crippen LogP contribution in [-0.4, -0.2) is 50.3 Å². The summed E-state index contributed by atoms with van der Waals surface area (Å²) >= 11 is 0.936. The summed E-state index contributed by atoms with van der Waals surface area (Å²) in [7, 11) is 0. The SMILES string of the molecule is CC(O[C](=[Zn])/C=C\c1cc2nc3nc(nc4[nH]c(nc5nc(nc1[nH]2)-c1ccccc1-5)c1ccccc41)-c1ccccc1-3)C12CC3CC(CC(C3)C1)C2. The number of fused-ring (bicyclic) bond motifs is 17. The van der Waals surface area contributed by atoms with Crippen molar-refractivity contribution >= 4 is 43.7 Å².